The summed E-state index contributed by atoms with van der Waals surface area (Å²) in [5, 5.41) is 9.09. The monoisotopic (exact) mass is 224 g/mol. The van der Waals surface area contributed by atoms with Crippen molar-refractivity contribution in [1.29, 1.82) is 0 Å². The number of carboxylic acid groups (broad SMARTS) is 1. The summed E-state index contributed by atoms with van der Waals surface area (Å²) in [6.45, 7) is 0. The number of hydrogen-bond acceptors (Lipinski definition) is 4. The first-order valence-corrected chi connectivity index (χ1v) is 5.71. The molecule has 0 bridgehead atoms. The van der Waals surface area contributed by atoms with Crippen LogP contribution in [0.5, 0.6) is 0 Å². The maximum atomic E-state index is 10.9. The number of thioether (sulfide) groups is 1. The van der Waals surface area contributed by atoms with E-state index in [1.807, 2.05) is 24.1 Å². The van der Waals surface area contributed by atoms with E-state index in [4.69, 9.17) is 5.11 Å². The number of carbonyl (C=O) groups is 1. The largest absolute Gasteiger partial charge is 0.480 e. The van der Waals surface area contributed by atoms with Crippen LogP contribution in [0.2, 0.25) is 0 Å². The molecule has 2 rings (SSSR count). The highest BCUT2D eigenvalue weighted by Gasteiger charge is 2.36. The van der Waals surface area contributed by atoms with E-state index in [0.717, 1.165) is 5.56 Å². The Morgan fingerprint density at radius 2 is 2.53 bits per heavy atom. The van der Waals surface area contributed by atoms with Crippen molar-refractivity contribution in [2.75, 3.05) is 12.8 Å². The number of carboxylic acids is 1. The van der Waals surface area contributed by atoms with Crippen LogP contribution in [0.25, 0.3) is 0 Å². The maximum Gasteiger partial charge on any atom is 0.321 e. The summed E-state index contributed by atoms with van der Waals surface area (Å²) in [7, 11) is 1.84. The fourth-order valence-corrected chi connectivity index (χ4v) is 3.14. The van der Waals surface area contributed by atoms with Crippen LogP contribution in [0.3, 0.4) is 0 Å². The van der Waals surface area contributed by atoms with Crippen LogP contribution in [0, 0.1) is 0 Å². The van der Waals surface area contributed by atoms with Crippen molar-refractivity contribution in [1.82, 2.24) is 9.88 Å². The standard InChI is InChI=1S/C10H12N2O2S/c1-12-8(10(13)14)6-15-9(12)7-3-2-4-11-5-7/h2-5,8-9H,6H2,1H3,(H,13,14). The highest BCUT2D eigenvalue weighted by molar-refractivity contribution is 7.99. The number of pyridine rings is 1. The highest BCUT2D eigenvalue weighted by atomic mass is 32.2. The van der Waals surface area contributed by atoms with Gasteiger partial charge >= 0.3 is 5.97 Å². The van der Waals surface area contributed by atoms with Crippen LogP contribution in [-0.4, -0.2) is 39.8 Å². The van der Waals surface area contributed by atoms with Gasteiger partial charge in [-0.15, -0.1) is 11.8 Å². The fraction of sp³-hybridized carbons (Fsp3) is 0.400. The van der Waals surface area contributed by atoms with Gasteiger partial charge in [-0.05, 0) is 18.7 Å². The summed E-state index contributed by atoms with van der Waals surface area (Å²) in [5.74, 6) is -0.123. The lowest BCUT2D eigenvalue weighted by Gasteiger charge is -2.21. The van der Waals surface area contributed by atoms with Crippen molar-refractivity contribution in [2.24, 2.45) is 0 Å². The molecule has 1 aliphatic rings. The third-order valence-electron chi connectivity index (χ3n) is 2.53. The van der Waals surface area contributed by atoms with Gasteiger partial charge < -0.3 is 5.11 Å². The van der Waals surface area contributed by atoms with Crippen molar-refractivity contribution >= 4 is 17.7 Å². The summed E-state index contributed by atoms with van der Waals surface area (Å²) in [4.78, 5) is 16.8. The van der Waals surface area contributed by atoms with E-state index in [1.165, 1.54) is 0 Å². The summed E-state index contributed by atoms with van der Waals surface area (Å²) >= 11 is 1.65. The predicted molar refractivity (Wildman–Crippen MR) is 58.6 cm³/mol. The minimum Gasteiger partial charge on any atom is -0.480 e. The van der Waals surface area contributed by atoms with Crippen molar-refractivity contribution in [3.63, 3.8) is 0 Å². The molecule has 1 aromatic heterocycles. The van der Waals surface area contributed by atoms with Gasteiger partial charge in [0.15, 0.2) is 0 Å². The predicted octanol–water partition coefficient (Wildman–Crippen LogP) is 1.21. The first-order chi connectivity index (χ1) is 7.20. The molecule has 0 radical (unpaired) electrons. The third-order valence-corrected chi connectivity index (χ3v) is 3.96. The Balaban J connectivity index is 2.17. The molecular weight excluding hydrogens is 212 g/mol. The number of aliphatic carboxylic acids is 1. The summed E-state index contributed by atoms with van der Waals surface area (Å²) in [6.07, 6.45) is 3.51. The van der Waals surface area contributed by atoms with Crippen LogP contribution < -0.4 is 0 Å². The minimum atomic E-state index is -0.753. The van der Waals surface area contributed by atoms with Crippen LogP contribution in [0.4, 0.5) is 0 Å². The zero-order valence-corrected chi connectivity index (χ0v) is 9.15. The van der Waals surface area contributed by atoms with Gasteiger partial charge in [0.1, 0.15) is 6.04 Å². The number of likely N-dealkylation sites (N-methyl/N-ethyl adjacent to an activating group) is 1. The summed E-state index contributed by atoms with van der Waals surface area (Å²) < 4.78 is 0. The van der Waals surface area contributed by atoms with Gasteiger partial charge in [-0.25, -0.2) is 0 Å². The zero-order valence-electron chi connectivity index (χ0n) is 8.33. The molecule has 0 aromatic carbocycles. The van der Waals surface area contributed by atoms with Gasteiger partial charge in [-0.1, -0.05) is 6.07 Å². The molecule has 1 saturated heterocycles. The topological polar surface area (TPSA) is 53.4 Å². The van der Waals surface area contributed by atoms with E-state index in [2.05, 4.69) is 4.98 Å². The normalized spacial score (nSPS) is 26.7. The molecule has 2 heterocycles. The molecule has 2 atom stereocenters. The number of rotatable bonds is 2. The van der Waals surface area contributed by atoms with E-state index in [9.17, 15) is 4.79 Å². The van der Waals surface area contributed by atoms with E-state index in [-0.39, 0.29) is 11.4 Å². The van der Waals surface area contributed by atoms with Gasteiger partial charge in [0.2, 0.25) is 0 Å². The van der Waals surface area contributed by atoms with E-state index in [0.29, 0.717) is 5.75 Å². The lowest BCUT2D eigenvalue weighted by molar-refractivity contribution is -0.141. The first-order valence-electron chi connectivity index (χ1n) is 4.66. The SMILES string of the molecule is CN1C(C(=O)O)CSC1c1cccnc1. The smallest absolute Gasteiger partial charge is 0.321 e. The highest BCUT2D eigenvalue weighted by Crippen LogP contribution is 2.39. The molecule has 1 N–H and O–H groups in total. The third kappa shape index (κ3) is 1.98. The Morgan fingerprint density at radius 1 is 1.73 bits per heavy atom. The second-order valence-electron chi connectivity index (χ2n) is 3.49. The molecule has 0 aliphatic carbocycles. The average Bonchev–Trinajstić information content (AvgIpc) is 2.61. The Labute approximate surface area is 92.3 Å². The Bertz CT molecular complexity index is 358. The van der Waals surface area contributed by atoms with Gasteiger partial charge in [0, 0.05) is 18.1 Å². The van der Waals surface area contributed by atoms with Gasteiger partial charge in [-0.3, -0.25) is 14.7 Å². The second kappa shape index (κ2) is 4.20. The van der Waals surface area contributed by atoms with Gasteiger partial charge in [-0.2, -0.15) is 0 Å². The van der Waals surface area contributed by atoms with Crippen molar-refractivity contribution in [3.8, 4) is 0 Å². The zero-order chi connectivity index (χ0) is 10.8. The Hall–Kier alpha value is -1.07. The van der Waals surface area contributed by atoms with E-state index >= 15 is 0 Å². The van der Waals surface area contributed by atoms with Gasteiger partial charge in [0.25, 0.3) is 0 Å². The Kier molecular flexibility index (Phi) is 2.93. The second-order valence-corrected chi connectivity index (χ2v) is 4.60. The molecule has 0 spiro atoms. The van der Waals surface area contributed by atoms with Crippen LogP contribution >= 0.6 is 11.8 Å². The lowest BCUT2D eigenvalue weighted by Crippen LogP contribution is -2.35. The van der Waals surface area contributed by atoms with Crippen LogP contribution in [0.1, 0.15) is 10.9 Å². The maximum absolute atomic E-state index is 10.9. The van der Waals surface area contributed by atoms with Crippen LogP contribution in [0.15, 0.2) is 24.5 Å². The molecular formula is C10H12N2O2S. The van der Waals surface area contributed by atoms with Crippen molar-refractivity contribution in [3.05, 3.63) is 30.1 Å². The molecule has 5 heteroatoms. The quantitative estimate of drug-likeness (QED) is 0.818. The molecule has 4 nitrogen and oxygen atoms in total. The summed E-state index contributed by atoms with van der Waals surface area (Å²) in [5.41, 5.74) is 1.06. The molecule has 0 amide bonds. The number of hydrogen-bond donors (Lipinski definition) is 1. The molecule has 1 fully saturated rings. The van der Waals surface area contributed by atoms with E-state index < -0.39 is 5.97 Å². The van der Waals surface area contributed by atoms with E-state index in [1.54, 1.807) is 24.2 Å². The number of aromatic nitrogens is 1. The molecule has 15 heavy (non-hydrogen) atoms. The minimum absolute atomic E-state index is 0.111. The number of nitrogens with zero attached hydrogens (tertiary/aromatic N) is 2. The van der Waals surface area contributed by atoms with Crippen molar-refractivity contribution < 1.29 is 9.90 Å². The summed E-state index contributed by atoms with van der Waals surface area (Å²) in [6, 6.07) is 3.46. The van der Waals surface area contributed by atoms with Gasteiger partial charge in [0.05, 0.1) is 5.37 Å². The van der Waals surface area contributed by atoms with Crippen LogP contribution in [-0.2, 0) is 4.79 Å². The average molecular weight is 224 g/mol. The molecule has 1 aromatic rings. The first kappa shape index (κ1) is 10.4. The molecule has 0 saturated carbocycles. The molecule has 1 aliphatic heterocycles. The molecule has 2 unspecified atom stereocenters. The fourth-order valence-electron chi connectivity index (χ4n) is 1.68. The lowest BCUT2D eigenvalue weighted by atomic mass is 10.2. The van der Waals surface area contributed by atoms with Crippen molar-refractivity contribution in [2.45, 2.75) is 11.4 Å². The Morgan fingerprint density at radius 3 is 3.07 bits per heavy atom. The molecule has 80 valence electrons.